The van der Waals surface area contributed by atoms with Crippen LogP contribution < -0.4 is 0 Å². The van der Waals surface area contributed by atoms with E-state index >= 15 is 0 Å². The topological polar surface area (TPSA) is 43.1 Å². The molecule has 0 fully saturated rings. The normalized spacial score (nSPS) is 11.6. The van der Waals surface area contributed by atoms with Crippen molar-refractivity contribution in [3.8, 4) is 0 Å². The quantitative estimate of drug-likeness (QED) is 0.484. The fraction of sp³-hybridized carbons (Fsp3) is 0. The van der Waals surface area contributed by atoms with Gasteiger partial charge in [-0.15, -0.1) is 0 Å². The minimum absolute atomic E-state index is 0.635. The molecule has 18 heavy (non-hydrogen) atoms. The molecule has 0 amide bonds. The molecule has 0 radical (unpaired) electrons. The Bertz CT molecular complexity index is 897. The van der Waals surface area contributed by atoms with E-state index in [0.29, 0.717) is 10.7 Å². The van der Waals surface area contributed by atoms with Gasteiger partial charge in [0.25, 0.3) is 0 Å². The van der Waals surface area contributed by atoms with E-state index in [0.717, 1.165) is 22.3 Å². The standard InChI is InChI=1S/C13H7ClN4/c14-8-5-6-11-17-12-13(18(11)7-8)16-10-4-2-1-3-9(10)15-12/h1-7H. The van der Waals surface area contributed by atoms with Crippen molar-refractivity contribution in [2.75, 3.05) is 0 Å². The number of aromatic nitrogens is 4. The maximum absolute atomic E-state index is 6.00. The van der Waals surface area contributed by atoms with Crippen LogP contribution in [0.15, 0.2) is 42.6 Å². The maximum Gasteiger partial charge on any atom is 0.198 e. The van der Waals surface area contributed by atoms with E-state index in [2.05, 4.69) is 15.0 Å². The largest absolute Gasteiger partial charge is 0.281 e. The molecule has 0 saturated carbocycles. The lowest BCUT2D eigenvalue weighted by molar-refractivity contribution is 1.19. The Balaban J connectivity index is 2.25. The number of nitrogens with zero attached hydrogens (tertiary/aromatic N) is 4. The molecule has 86 valence electrons. The molecule has 0 N–H and O–H groups in total. The van der Waals surface area contributed by atoms with E-state index in [9.17, 15) is 0 Å². The molecule has 0 unspecified atom stereocenters. The first-order valence-electron chi connectivity index (χ1n) is 5.51. The van der Waals surface area contributed by atoms with E-state index in [-0.39, 0.29) is 0 Å². The molecular formula is C13H7ClN4. The highest BCUT2D eigenvalue weighted by molar-refractivity contribution is 6.30. The molecule has 3 heterocycles. The second-order valence-corrected chi connectivity index (χ2v) is 4.48. The highest BCUT2D eigenvalue weighted by atomic mass is 35.5. The highest BCUT2D eigenvalue weighted by Gasteiger charge is 2.08. The lowest BCUT2D eigenvalue weighted by atomic mass is 10.3. The van der Waals surface area contributed by atoms with Crippen molar-refractivity contribution in [1.29, 1.82) is 0 Å². The van der Waals surface area contributed by atoms with Gasteiger partial charge in [-0.2, -0.15) is 0 Å². The molecule has 0 saturated heterocycles. The van der Waals surface area contributed by atoms with Crippen molar-refractivity contribution in [1.82, 2.24) is 19.4 Å². The summed E-state index contributed by atoms with van der Waals surface area (Å²) >= 11 is 6.00. The maximum atomic E-state index is 6.00. The van der Waals surface area contributed by atoms with Gasteiger partial charge in [-0.3, -0.25) is 4.40 Å². The summed E-state index contributed by atoms with van der Waals surface area (Å²) < 4.78 is 1.86. The zero-order valence-electron chi connectivity index (χ0n) is 9.21. The Morgan fingerprint density at radius 2 is 1.67 bits per heavy atom. The summed E-state index contributed by atoms with van der Waals surface area (Å²) in [5.41, 5.74) is 3.86. The van der Waals surface area contributed by atoms with Gasteiger partial charge in [0.1, 0.15) is 5.65 Å². The number of imidazole rings is 1. The number of pyridine rings is 1. The molecule has 0 aliphatic rings. The predicted molar refractivity (Wildman–Crippen MR) is 70.8 cm³/mol. The fourth-order valence-corrected chi connectivity index (χ4v) is 2.21. The monoisotopic (exact) mass is 254 g/mol. The second-order valence-electron chi connectivity index (χ2n) is 4.05. The second kappa shape index (κ2) is 3.40. The SMILES string of the molecule is Clc1ccc2nc3nc4ccccc4nc3n2c1. The number of benzene rings is 1. The van der Waals surface area contributed by atoms with Gasteiger partial charge >= 0.3 is 0 Å². The number of rotatable bonds is 0. The zero-order valence-corrected chi connectivity index (χ0v) is 9.96. The predicted octanol–water partition coefficient (Wildman–Crippen LogP) is 3.08. The van der Waals surface area contributed by atoms with E-state index in [1.807, 2.05) is 40.8 Å². The zero-order chi connectivity index (χ0) is 12.1. The lowest BCUT2D eigenvalue weighted by Crippen LogP contribution is -1.89. The van der Waals surface area contributed by atoms with Crippen molar-refractivity contribution in [3.63, 3.8) is 0 Å². The van der Waals surface area contributed by atoms with Crippen LogP contribution in [0.4, 0.5) is 0 Å². The van der Waals surface area contributed by atoms with Crippen molar-refractivity contribution in [2.24, 2.45) is 0 Å². The van der Waals surface area contributed by atoms with Crippen LogP contribution in [-0.2, 0) is 0 Å². The third kappa shape index (κ3) is 1.29. The molecule has 0 spiro atoms. The van der Waals surface area contributed by atoms with Crippen LogP contribution in [0.1, 0.15) is 0 Å². The smallest absolute Gasteiger partial charge is 0.198 e. The van der Waals surface area contributed by atoms with E-state index in [1.54, 1.807) is 6.20 Å². The summed E-state index contributed by atoms with van der Waals surface area (Å²) in [7, 11) is 0. The Morgan fingerprint density at radius 3 is 2.50 bits per heavy atom. The molecule has 0 aliphatic heterocycles. The summed E-state index contributed by atoms with van der Waals surface area (Å²) in [6.07, 6.45) is 1.80. The molecule has 0 atom stereocenters. The lowest BCUT2D eigenvalue weighted by Gasteiger charge is -1.97. The van der Waals surface area contributed by atoms with Crippen molar-refractivity contribution >= 4 is 39.6 Å². The van der Waals surface area contributed by atoms with Gasteiger partial charge in [-0.05, 0) is 24.3 Å². The molecule has 0 aliphatic carbocycles. The van der Waals surface area contributed by atoms with Crippen LogP contribution in [0.5, 0.6) is 0 Å². The minimum Gasteiger partial charge on any atom is -0.281 e. The molecular weight excluding hydrogens is 248 g/mol. The average molecular weight is 255 g/mol. The van der Waals surface area contributed by atoms with Gasteiger partial charge in [0.05, 0.1) is 16.1 Å². The van der Waals surface area contributed by atoms with Crippen LogP contribution in [0.2, 0.25) is 5.02 Å². The van der Waals surface area contributed by atoms with Crippen LogP contribution >= 0.6 is 11.6 Å². The van der Waals surface area contributed by atoms with Crippen LogP contribution in [0.25, 0.3) is 28.0 Å². The first kappa shape index (κ1) is 9.79. The van der Waals surface area contributed by atoms with E-state index in [1.165, 1.54) is 0 Å². The Labute approximate surface area is 107 Å². The minimum atomic E-state index is 0.635. The molecule has 5 heteroatoms. The first-order chi connectivity index (χ1) is 8.81. The third-order valence-corrected chi connectivity index (χ3v) is 3.10. The van der Waals surface area contributed by atoms with Crippen LogP contribution in [0, 0.1) is 0 Å². The van der Waals surface area contributed by atoms with Crippen LogP contribution in [-0.4, -0.2) is 19.4 Å². The first-order valence-corrected chi connectivity index (χ1v) is 5.89. The summed E-state index contributed by atoms with van der Waals surface area (Å²) in [5.74, 6) is 0. The molecule has 4 aromatic rings. The van der Waals surface area contributed by atoms with Crippen molar-refractivity contribution < 1.29 is 0 Å². The fourth-order valence-electron chi connectivity index (χ4n) is 2.05. The molecule has 1 aromatic carbocycles. The summed E-state index contributed by atoms with van der Waals surface area (Å²) in [4.78, 5) is 13.5. The van der Waals surface area contributed by atoms with Crippen molar-refractivity contribution in [2.45, 2.75) is 0 Å². The third-order valence-electron chi connectivity index (χ3n) is 2.87. The summed E-state index contributed by atoms with van der Waals surface area (Å²) in [6, 6.07) is 11.4. The van der Waals surface area contributed by atoms with Gasteiger partial charge in [0, 0.05) is 6.20 Å². The highest BCUT2D eigenvalue weighted by Crippen LogP contribution is 2.19. The number of para-hydroxylation sites is 2. The number of hydrogen-bond acceptors (Lipinski definition) is 3. The Kier molecular flexibility index (Phi) is 1.85. The van der Waals surface area contributed by atoms with Gasteiger partial charge < -0.3 is 0 Å². The number of halogens is 1. The number of fused-ring (bicyclic) bond motifs is 4. The van der Waals surface area contributed by atoms with Gasteiger partial charge in [-0.25, -0.2) is 15.0 Å². The Hall–Kier alpha value is -2.20. The van der Waals surface area contributed by atoms with Crippen LogP contribution in [0.3, 0.4) is 0 Å². The molecule has 0 bridgehead atoms. The van der Waals surface area contributed by atoms with Crippen molar-refractivity contribution in [3.05, 3.63) is 47.6 Å². The Morgan fingerprint density at radius 1 is 0.889 bits per heavy atom. The molecule has 4 rings (SSSR count). The van der Waals surface area contributed by atoms with E-state index < -0.39 is 0 Å². The molecule has 4 nitrogen and oxygen atoms in total. The van der Waals surface area contributed by atoms with Gasteiger partial charge in [0.2, 0.25) is 0 Å². The average Bonchev–Trinajstić information content (AvgIpc) is 2.73. The van der Waals surface area contributed by atoms with E-state index in [4.69, 9.17) is 11.6 Å². The molecule has 3 aromatic heterocycles. The van der Waals surface area contributed by atoms with Gasteiger partial charge in [-0.1, -0.05) is 23.7 Å². The van der Waals surface area contributed by atoms with Gasteiger partial charge in [0.15, 0.2) is 11.3 Å². The summed E-state index contributed by atoms with van der Waals surface area (Å²) in [5, 5.41) is 0.650. The number of hydrogen-bond donors (Lipinski definition) is 0. The summed E-state index contributed by atoms with van der Waals surface area (Å²) in [6.45, 7) is 0.